The Morgan fingerprint density at radius 2 is 2.42 bits per heavy atom. The lowest BCUT2D eigenvalue weighted by Crippen LogP contribution is -2.08. The molecule has 0 bridgehead atoms. The normalized spacial score (nSPS) is 17.9. The number of carbonyl (C=O) groups excluding carboxylic acids is 1. The first-order chi connectivity index (χ1) is 5.58. The van der Waals surface area contributed by atoms with Crippen molar-refractivity contribution in [3.05, 3.63) is 0 Å². The van der Waals surface area contributed by atoms with E-state index in [4.69, 9.17) is 16.3 Å². The van der Waals surface area contributed by atoms with Crippen LogP contribution < -0.4 is 5.09 Å². The molecule has 0 aromatic carbocycles. The summed E-state index contributed by atoms with van der Waals surface area (Å²) in [6.45, 7) is 4.14. The molecular formula is C6H14NO2PS2. The highest BCUT2D eigenvalue weighted by molar-refractivity contribution is 8.69. The molecule has 3 nitrogen and oxygen atoms in total. The van der Waals surface area contributed by atoms with Gasteiger partial charge >= 0.3 is 0 Å². The highest BCUT2D eigenvalue weighted by Gasteiger charge is 2.18. The van der Waals surface area contributed by atoms with Gasteiger partial charge in [-0.15, -0.1) is 0 Å². The van der Waals surface area contributed by atoms with Gasteiger partial charge < -0.3 is 9.61 Å². The molecule has 0 fully saturated rings. The average Bonchev–Trinajstić information content (AvgIpc) is 2.05. The van der Waals surface area contributed by atoms with Crippen LogP contribution in [0.3, 0.4) is 0 Å². The van der Waals surface area contributed by atoms with Crippen LogP contribution in [0.15, 0.2) is 0 Å². The molecular weight excluding hydrogens is 213 g/mol. The molecule has 2 unspecified atom stereocenters. The minimum Gasteiger partial charge on any atom is -0.330 e. The van der Waals surface area contributed by atoms with E-state index in [-0.39, 0.29) is 0 Å². The zero-order chi connectivity index (χ0) is 9.61. The molecule has 0 aliphatic heterocycles. The summed E-state index contributed by atoms with van der Waals surface area (Å²) in [7, 11) is 1.53. The molecule has 0 aromatic heterocycles. The number of hydrogen-bond donors (Lipinski definition) is 1. The second-order valence-electron chi connectivity index (χ2n) is 2.25. The fraction of sp³-hybridized carbons (Fsp3) is 0.833. The predicted molar refractivity (Wildman–Crippen MR) is 57.8 cm³/mol. The summed E-state index contributed by atoms with van der Waals surface area (Å²) in [5, 5.41) is 2.98. The van der Waals surface area contributed by atoms with Crippen molar-refractivity contribution in [2.24, 2.45) is 0 Å². The fourth-order valence-electron chi connectivity index (χ4n) is 0.502. The second kappa shape index (κ2) is 5.97. The summed E-state index contributed by atoms with van der Waals surface area (Å²) >= 11 is 6.69. The number of hydrogen-bond acceptors (Lipinski definition) is 4. The molecule has 72 valence electrons. The standard InChI is InChI=1S/C6H14NO2PS2/c1-4-6(2)12-10(11,9-3)7-5-8/h5-6H,4H2,1-3H3,(H,7,8,11). The van der Waals surface area contributed by atoms with Crippen molar-refractivity contribution in [3.8, 4) is 0 Å². The first-order valence-corrected chi connectivity index (χ1v) is 7.84. The molecule has 1 amide bonds. The SMILES string of the molecule is CCC(C)SP(=S)(NC=O)OC. The van der Waals surface area contributed by atoms with Gasteiger partial charge in [0.15, 0.2) is 0 Å². The zero-order valence-electron chi connectivity index (χ0n) is 7.44. The molecule has 0 radical (unpaired) electrons. The monoisotopic (exact) mass is 227 g/mol. The molecule has 0 saturated heterocycles. The summed E-state index contributed by atoms with van der Waals surface area (Å²) in [5.74, 6) is 0. The van der Waals surface area contributed by atoms with Gasteiger partial charge in [0.2, 0.25) is 12.0 Å². The third-order valence-corrected chi connectivity index (χ3v) is 7.43. The van der Waals surface area contributed by atoms with Crippen molar-refractivity contribution in [3.63, 3.8) is 0 Å². The summed E-state index contributed by atoms with van der Waals surface area (Å²) < 4.78 is 5.10. The smallest absolute Gasteiger partial charge is 0.213 e. The molecule has 0 aromatic rings. The Balaban J connectivity index is 4.13. The Kier molecular flexibility index (Phi) is 6.19. The van der Waals surface area contributed by atoms with Crippen LogP contribution in [0.25, 0.3) is 0 Å². The maximum absolute atomic E-state index is 10.2. The van der Waals surface area contributed by atoms with Crippen LogP contribution in [-0.2, 0) is 21.1 Å². The van der Waals surface area contributed by atoms with E-state index < -0.39 is 5.62 Å². The van der Waals surface area contributed by atoms with E-state index in [9.17, 15) is 4.79 Å². The molecule has 0 spiro atoms. The van der Waals surface area contributed by atoms with Gasteiger partial charge in [0.1, 0.15) is 0 Å². The van der Waals surface area contributed by atoms with E-state index in [1.165, 1.54) is 18.5 Å². The van der Waals surface area contributed by atoms with Crippen LogP contribution >= 0.6 is 17.0 Å². The fourth-order valence-corrected chi connectivity index (χ4v) is 5.40. The van der Waals surface area contributed by atoms with Crippen molar-refractivity contribution in [1.82, 2.24) is 5.09 Å². The van der Waals surface area contributed by atoms with Gasteiger partial charge in [0.05, 0.1) is 0 Å². The van der Waals surface area contributed by atoms with Crippen LogP contribution in [0, 0.1) is 0 Å². The molecule has 0 aliphatic rings. The molecule has 6 heteroatoms. The Morgan fingerprint density at radius 3 is 2.75 bits per heavy atom. The van der Waals surface area contributed by atoms with Gasteiger partial charge in [-0.25, -0.2) is 0 Å². The van der Waals surface area contributed by atoms with Crippen molar-refractivity contribution < 1.29 is 9.32 Å². The molecule has 0 heterocycles. The number of amides is 1. The van der Waals surface area contributed by atoms with Gasteiger partial charge in [0, 0.05) is 12.4 Å². The van der Waals surface area contributed by atoms with Crippen LogP contribution in [-0.4, -0.2) is 18.8 Å². The highest BCUT2D eigenvalue weighted by Crippen LogP contribution is 2.57. The quantitative estimate of drug-likeness (QED) is 0.557. The third kappa shape index (κ3) is 4.45. The molecule has 2 atom stereocenters. The highest BCUT2D eigenvalue weighted by atomic mass is 32.9. The molecule has 0 rings (SSSR count). The van der Waals surface area contributed by atoms with E-state index in [0.717, 1.165) is 6.42 Å². The van der Waals surface area contributed by atoms with E-state index in [1.807, 2.05) is 0 Å². The Bertz CT molecular complexity index is 188. The van der Waals surface area contributed by atoms with Crippen molar-refractivity contribution >= 4 is 35.2 Å². The minimum absolute atomic E-state index is 0.420. The zero-order valence-corrected chi connectivity index (χ0v) is 9.97. The van der Waals surface area contributed by atoms with Gasteiger partial charge in [0.25, 0.3) is 0 Å². The van der Waals surface area contributed by atoms with Crippen molar-refractivity contribution in [2.75, 3.05) is 7.11 Å². The topological polar surface area (TPSA) is 38.3 Å². The third-order valence-electron chi connectivity index (χ3n) is 1.34. The molecule has 12 heavy (non-hydrogen) atoms. The largest absolute Gasteiger partial charge is 0.330 e. The average molecular weight is 227 g/mol. The van der Waals surface area contributed by atoms with E-state index >= 15 is 0 Å². The van der Waals surface area contributed by atoms with Gasteiger partial charge in [-0.05, 0) is 18.2 Å². The summed E-state index contributed by atoms with van der Waals surface area (Å²) in [6.07, 6.45) is 1.63. The second-order valence-corrected chi connectivity index (χ2v) is 9.30. The van der Waals surface area contributed by atoms with Crippen molar-refractivity contribution in [2.45, 2.75) is 25.5 Å². The summed E-state index contributed by atoms with van der Waals surface area (Å²) in [5.41, 5.74) is -2.14. The maximum Gasteiger partial charge on any atom is 0.213 e. The van der Waals surface area contributed by atoms with Crippen LogP contribution in [0.5, 0.6) is 0 Å². The number of nitrogens with one attached hydrogen (secondary N) is 1. The van der Waals surface area contributed by atoms with Crippen molar-refractivity contribution in [1.29, 1.82) is 0 Å². The Morgan fingerprint density at radius 1 is 1.83 bits per heavy atom. The Labute approximate surface area is 82.5 Å². The van der Waals surface area contributed by atoms with E-state index in [1.54, 1.807) is 0 Å². The van der Waals surface area contributed by atoms with Gasteiger partial charge in [-0.3, -0.25) is 4.79 Å². The Hall–Kier alpha value is 0.430. The van der Waals surface area contributed by atoms with E-state index in [2.05, 4.69) is 18.9 Å². The van der Waals surface area contributed by atoms with Crippen LogP contribution in [0.1, 0.15) is 20.3 Å². The number of carbonyl (C=O) groups is 1. The summed E-state index contributed by atoms with van der Waals surface area (Å²) in [4.78, 5) is 10.2. The summed E-state index contributed by atoms with van der Waals surface area (Å²) in [6, 6.07) is 0. The first kappa shape index (κ1) is 12.4. The lowest BCUT2D eigenvalue weighted by atomic mass is 10.4. The lowest BCUT2D eigenvalue weighted by molar-refractivity contribution is -0.108. The lowest BCUT2D eigenvalue weighted by Gasteiger charge is -2.20. The molecule has 0 aliphatic carbocycles. The maximum atomic E-state index is 10.2. The first-order valence-electron chi connectivity index (χ1n) is 3.63. The molecule has 1 N–H and O–H groups in total. The molecule has 0 saturated carbocycles. The van der Waals surface area contributed by atoms with Gasteiger partial charge in [-0.2, -0.15) is 0 Å². The van der Waals surface area contributed by atoms with Crippen LogP contribution in [0.4, 0.5) is 0 Å². The van der Waals surface area contributed by atoms with Gasteiger partial charge in [-0.1, -0.05) is 25.2 Å². The number of rotatable bonds is 6. The van der Waals surface area contributed by atoms with E-state index in [0.29, 0.717) is 11.7 Å². The van der Waals surface area contributed by atoms with Crippen LogP contribution in [0.2, 0.25) is 0 Å². The predicted octanol–water partition coefficient (Wildman–Crippen LogP) is 2.13. The minimum atomic E-state index is -2.14.